The minimum atomic E-state index is -0.255. The van der Waals surface area contributed by atoms with Gasteiger partial charge in [0.25, 0.3) is 0 Å². The maximum atomic E-state index is 12.7. The number of esters is 1. The normalized spacial score (nSPS) is 14.7. The Morgan fingerprint density at radius 1 is 1.03 bits per heavy atom. The van der Waals surface area contributed by atoms with E-state index in [9.17, 15) is 9.59 Å². The number of anilines is 2. The first-order valence-electron chi connectivity index (χ1n) is 13.4. The molecule has 1 fully saturated rings. The number of rotatable bonds is 6. The van der Waals surface area contributed by atoms with Crippen molar-refractivity contribution in [3.8, 4) is 11.3 Å². The highest BCUT2D eigenvalue weighted by Gasteiger charge is 2.25. The molecule has 1 aromatic heterocycles. The second kappa shape index (κ2) is 10.5. The predicted octanol–water partition coefficient (Wildman–Crippen LogP) is 5.50. The van der Waals surface area contributed by atoms with Gasteiger partial charge in [-0.05, 0) is 59.7 Å². The molecule has 4 aromatic rings. The van der Waals surface area contributed by atoms with Crippen LogP contribution in [-0.4, -0.2) is 61.7 Å². The third kappa shape index (κ3) is 4.86. The molecule has 0 saturated carbocycles. The van der Waals surface area contributed by atoms with E-state index in [4.69, 9.17) is 14.5 Å². The summed E-state index contributed by atoms with van der Waals surface area (Å²) in [5, 5.41) is 3.30. The Kier molecular flexibility index (Phi) is 6.75. The fourth-order valence-electron chi connectivity index (χ4n) is 5.54. The summed E-state index contributed by atoms with van der Waals surface area (Å²) in [7, 11) is 2.10. The molecule has 6 rings (SSSR count). The molecule has 3 heterocycles. The van der Waals surface area contributed by atoms with Crippen molar-refractivity contribution in [1.82, 2.24) is 9.88 Å². The molecule has 3 aromatic carbocycles. The lowest BCUT2D eigenvalue weighted by Gasteiger charge is -2.30. The maximum Gasteiger partial charge on any atom is 0.302 e. The summed E-state index contributed by atoms with van der Waals surface area (Å²) in [5.74, 6) is -0.254. The zero-order valence-electron chi connectivity index (χ0n) is 22.3. The molecule has 0 bridgehead atoms. The molecule has 0 radical (unpaired) electrons. The van der Waals surface area contributed by atoms with E-state index in [-0.39, 0.29) is 11.9 Å². The minimum Gasteiger partial charge on any atom is -0.466 e. The summed E-state index contributed by atoms with van der Waals surface area (Å²) in [5.41, 5.74) is 7.38. The Bertz CT molecular complexity index is 1620. The largest absolute Gasteiger partial charge is 0.466 e. The van der Waals surface area contributed by atoms with E-state index in [2.05, 4.69) is 54.4 Å². The third-order valence-electron chi connectivity index (χ3n) is 7.50. The lowest BCUT2D eigenvalue weighted by atomic mass is 9.91. The second-order valence-corrected chi connectivity index (χ2v) is 10.1. The molecule has 198 valence electrons. The first-order chi connectivity index (χ1) is 19.0. The van der Waals surface area contributed by atoms with Gasteiger partial charge in [-0.15, -0.1) is 0 Å². The number of morpholine rings is 1. The van der Waals surface area contributed by atoms with Crippen molar-refractivity contribution in [2.75, 3.05) is 44.9 Å². The molecule has 0 aliphatic carbocycles. The van der Waals surface area contributed by atoms with Crippen LogP contribution in [-0.2, 0) is 25.5 Å². The fourth-order valence-corrected chi connectivity index (χ4v) is 5.54. The number of hydrogen-bond acceptors (Lipinski definition) is 6. The smallest absolute Gasteiger partial charge is 0.302 e. The van der Waals surface area contributed by atoms with E-state index in [1.807, 2.05) is 23.1 Å². The van der Waals surface area contributed by atoms with Crippen molar-refractivity contribution < 1.29 is 19.1 Å². The molecule has 1 saturated heterocycles. The third-order valence-corrected chi connectivity index (χ3v) is 7.50. The molecule has 0 atom stereocenters. The van der Waals surface area contributed by atoms with E-state index >= 15 is 0 Å². The number of aryl methyl sites for hydroxylation is 1. The average Bonchev–Trinajstić information content (AvgIpc) is 2.97. The maximum absolute atomic E-state index is 12.7. The van der Waals surface area contributed by atoms with Crippen LogP contribution < -0.4 is 4.90 Å². The van der Waals surface area contributed by atoms with Gasteiger partial charge >= 0.3 is 5.97 Å². The van der Waals surface area contributed by atoms with Crippen LogP contribution in [0.4, 0.5) is 11.4 Å². The van der Waals surface area contributed by atoms with Crippen molar-refractivity contribution in [1.29, 1.82) is 0 Å². The highest BCUT2D eigenvalue weighted by Crippen LogP contribution is 2.48. The number of para-hydroxylation sites is 1. The molecule has 2 aliphatic rings. The topological polar surface area (TPSA) is 72.0 Å². The first kappa shape index (κ1) is 25.1. The van der Waals surface area contributed by atoms with E-state index in [1.54, 1.807) is 6.08 Å². The summed E-state index contributed by atoms with van der Waals surface area (Å²) in [6.45, 7) is 4.24. The van der Waals surface area contributed by atoms with Crippen LogP contribution in [0.5, 0.6) is 0 Å². The molecule has 1 amide bonds. The van der Waals surface area contributed by atoms with Crippen molar-refractivity contribution in [2.45, 2.75) is 19.8 Å². The number of nitrogens with zero attached hydrogens (tertiary/aromatic N) is 3. The van der Waals surface area contributed by atoms with Gasteiger partial charge in [-0.2, -0.15) is 0 Å². The number of pyridine rings is 1. The summed E-state index contributed by atoms with van der Waals surface area (Å²) in [6, 6.07) is 19.0. The van der Waals surface area contributed by atoms with Crippen molar-refractivity contribution in [2.24, 2.45) is 0 Å². The average molecular weight is 522 g/mol. The summed E-state index contributed by atoms with van der Waals surface area (Å²) >= 11 is 0. The van der Waals surface area contributed by atoms with Gasteiger partial charge in [0.15, 0.2) is 0 Å². The van der Waals surface area contributed by atoms with Crippen LogP contribution in [0.2, 0.25) is 0 Å². The zero-order valence-corrected chi connectivity index (χ0v) is 22.3. The van der Waals surface area contributed by atoms with E-state index in [0.29, 0.717) is 32.9 Å². The molecule has 2 aliphatic heterocycles. The molecule has 7 nitrogen and oxygen atoms in total. The number of carbonyl (C=O) groups is 2. The molecule has 0 N–H and O–H groups in total. The van der Waals surface area contributed by atoms with Gasteiger partial charge in [0, 0.05) is 49.5 Å². The Morgan fingerprint density at radius 3 is 2.67 bits per heavy atom. The number of hydrogen-bond donors (Lipinski definition) is 0. The van der Waals surface area contributed by atoms with E-state index in [0.717, 1.165) is 62.7 Å². The number of fused-ring (bicyclic) bond motifs is 4. The number of amides is 1. The zero-order chi connectivity index (χ0) is 26.9. The van der Waals surface area contributed by atoms with Gasteiger partial charge in [0.1, 0.15) is 0 Å². The monoisotopic (exact) mass is 521 g/mol. The molecular formula is C32H31N3O4. The Hall–Kier alpha value is -4.23. The van der Waals surface area contributed by atoms with Crippen LogP contribution in [0.1, 0.15) is 24.5 Å². The molecule has 39 heavy (non-hydrogen) atoms. The lowest BCUT2D eigenvalue weighted by molar-refractivity contribution is -0.141. The van der Waals surface area contributed by atoms with Gasteiger partial charge in [-0.25, -0.2) is 4.98 Å². The molecular weight excluding hydrogens is 490 g/mol. The molecule has 7 heteroatoms. The quantitative estimate of drug-likeness (QED) is 0.144. The number of carbonyl (C=O) groups excluding carboxylic acids is 2. The van der Waals surface area contributed by atoms with Crippen molar-refractivity contribution in [3.63, 3.8) is 0 Å². The Balaban J connectivity index is 1.45. The van der Waals surface area contributed by atoms with Crippen LogP contribution in [0.25, 0.3) is 39.0 Å². The summed E-state index contributed by atoms with van der Waals surface area (Å²) < 4.78 is 10.5. The second-order valence-electron chi connectivity index (χ2n) is 10.1. The Morgan fingerprint density at radius 2 is 1.85 bits per heavy atom. The molecule has 0 spiro atoms. The number of benzene rings is 3. The van der Waals surface area contributed by atoms with Gasteiger partial charge in [-0.1, -0.05) is 30.3 Å². The Labute approximate surface area is 227 Å². The van der Waals surface area contributed by atoms with Crippen LogP contribution in [0, 0.1) is 0 Å². The predicted molar refractivity (Wildman–Crippen MR) is 154 cm³/mol. The van der Waals surface area contributed by atoms with Gasteiger partial charge in [0.2, 0.25) is 5.91 Å². The van der Waals surface area contributed by atoms with Crippen molar-refractivity contribution >= 4 is 51.0 Å². The van der Waals surface area contributed by atoms with E-state index in [1.165, 1.54) is 12.5 Å². The van der Waals surface area contributed by atoms with Crippen molar-refractivity contribution in [3.05, 3.63) is 71.8 Å². The van der Waals surface area contributed by atoms with Crippen LogP contribution >= 0.6 is 0 Å². The molecule has 0 unspecified atom stereocenters. The number of aromatic nitrogens is 1. The van der Waals surface area contributed by atoms with Gasteiger partial charge in [-0.3, -0.25) is 9.59 Å². The standard InChI is InChI=1S/C32H31N3O4/c1-21(36)39-15-5-6-23-19-26-25-18-22(10-12-30(37)35-13-16-38-17-14-35)9-11-27(25)33-32-24-7-3-4-8-28(24)34(2)29(20-23)31(26)32/h3-4,7-12,18-20H,5-6,13-17H2,1-2H3/b12-10+. The SMILES string of the molecule is CC(=O)OCCCc1cc2c3c(nc4ccc(/C=C/C(=O)N5CCOCC5)cc4c3c1)-c1ccccc1N2C. The highest BCUT2D eigenvalue weighted by molar-refractivity contribution is 6.19. The highest BCUT2D eigenvalue weighted by atomic mass is 16.5. The summed E-state index contributed by atoms with van der Waals surface area (Å²) in [6.07, 6.45) is 5.07. The fraction of sp³-hybridized carbons (Fsp3) is 0.281. The first-order valence-corrected chi connectivity index (χ1v) is 13.4. The van der Waals surface area contributed by atoms with Gasteiger partial charge in [0.05, 0.1) is 42.4 Å². The van der Waals surface area contributed by atoms with Gasteiger partial charge < -0.3 is 19.3 Å². The summed E-state index contributed by atoms with van der Waals surface area (Å²) in [4.78, 5) is 33.1. The van der Waals surface area contributed by atoms with E-state index < -0.39 is 0 Å². The van der Waals surface area contributed by atoms with Crippen LogP contribution in [0.3, 0.4) is 0 Å². The minimum absolute atomic E-state index is 0.00159. The lowest BCUT2D eigenvalue weighted by Crippen LogP contribution is -2.39. The van der Waals surface area contributed by atoms with Crippen LogP contribution in [0.15, 0.2) is 60.7 Å². The number of ether oxygens (including phenoxy) is 2.